The molecule has 12 aromatic carbocycles. The predicted octanol–water partition coefficient (Wildman–Crippen LogP) is 24.8. The molecule has 0 aliphatic rings. The van der Waals surface area contributed by atoms with Crippen molar-refractivity contribution in [2.45, 2.75) is 83.1 Å². The zero-order chi connectivity index (χ0) is 74.3. The summed E-state index contributed by atoms with van der Waals surface area (Å²) in [6.07, 6.45) is 0. The van der Waals surface area contributed by atoms with Gasteiger partial charge in [-0.15, -0.1) is 0 Å². The molecule has 0 aliphatic heterocycles. The Balaban J connectivity index is 0.000000176. The molecule has 16 nitrogen and oxygen atoms in total. The van der Waals surface area contributed by atoms with Gasteiger partial charge in [0.2, 0.25) is 0 Å². The Bertz CT molecular complexity index is 3750. The summed E-state index contributed by atoms with van der Waals surface area (Å²) in [5.74, 6) is 5.73. The Morgan fingerprint density at radius 1 is 0.133 bits per heavy atom. The van der Waals surface area contributed by atoms with Gasteiger partial charge in [0.05, 0.1) is 0 Å². The van der Waals surface area contributed by atoms with Crippen LogP contribution in [0.1, 0.15) is 66.8 Å². The zero-order valence-electron chi connectivity index (χ0n) is 60.5. The van der Waals surface area contributed by atoms with Crippen molar-refractivity contribution in [1.82, 2.24) is 0 Å². The van der Waals surface area contributed by atoms with Crippen LogP contribution in [0.4, 0.5) is 0 Å². The largest absolute Gasteiger partial charge is 2.00 e. The Morgan fingerprint density at radius 2 is 0.190 bits per heavy atom. The zero-order valence-corrected chi connectivity index (χ0v) is 65.2. The van der Waals surface area contributed by atoms with Crippen molar-refractivity contribution in [2.24, 2.45) is 0 Å². The molecule has 12 rings (SSSR count). The first-order chi connectivity index (χ1) is 49.7. The van der Waals surface area contributed by atoms with Gasteiger partial charge in [-0.25, -0.2) is 18.3 Å². The van der Waals surface area contributed by atoms with Crippen molar-refractivity contribution in [3.63, 3.8) is 0 Å². The third-order valence-electron chi connectivity index (χ3n) is 14.9. The number of hydrogen-bond donors (Lipinski definition) is 0. The van der Waals surface area contributed by atoms with Gasteiger partial charge in [0.1, 0.15) is 69.0 Å². The first-order valence-electron chi connectivity index (χ1n) is 33.3. The molecule has 0 aliphatic carbocycles. The monoisotopic (exact) mass is 1530 g/mol. The van der Waals surface area contributed by atoms with Crippen LogP contribution in [0.15, 0.2) is 291 Å². The topological polar surface area (TPSA) is 196 Å². The van der Waals surface area contributed by atoms with Crippen LogP contribution >= 0.6 is 31.3 Å². The van der Waals surface area contributed by atoms with Gasteiger partial charge in [-0.3, -0.25) is 0 Å². The Labute approximate surface area is 627 Å². The molecule has 0 heterocycles. The van der Waals surface area contributed by atoms with Crippen LogP contribution < -0.4 is 54.3 Å². The summed E-state index contributed by atoms with van der Waals surface area (Å²) in [6.45, 7) is 23.8. The van der Waals surface area contributed by atoms with Crippen molar-refractivity contribution in [2.75, 3.05) is 0 Å². The van der Waals surface area contributed by atoms with Crippen molar-refractivity contribution in [3.05, 3.63) is 358 Å². The minimum Gasteiger partial charge on any atom is -0.344 e. The van der Waals surface area contributed by atoms with Crippen LogP contribution in [0.25, 0.3) is 0 Å². The van der Waals surface area contributed by atoms with E-state index >= 15 is 0 Å². The van der Waals surface area contributed by atoms with Gasteiger partial charge in [-0.05, 0) is 229 Å². The van der Waals surface area contributed by atoms with Gasteiger partial charge in [0, 0.05) is 0 Å². The minimum absolute atomic E-state index is 0. The first-order valence-corrected chi connectivity index (χ1v) is 39.3. The molecule has 12 aromatic rings. The van der Waals surface area contributed by atoms with Crippen molar-refractivity contribution < 1.29 is 89.6 Å². The maximum atomic E-state index is 11.0. The van der Waals surface area contributed by atoms with E-state index < -0.39 is 31.3 Å². The molecule has 542 valence electrons. The van der Waals surface area contributed by atoms with Gasteiger partial charge in [-0.2, -0.15) is 0 Å². The third-order valence-corrected chi connectivity index (χ3v) is 20.2. The molecule has 0 atom stereocenters. The maximum Gasteiger partial charge on any atom is 2.00 e. The molecule has 0 saturated carbocycles. The van der Waals surface area contributed by atoms with E-state index in [9.17, 15) is 18.3 Å². The number of aryl methyl sites for hydroxylation is 12. The third kappa shape index (κ3) is 27.3. The van der Waals surface area contributed by atoms with Gasteiger partial charge in [-0.1, -0.05) is 212 Å². The molecule has 0 fully saturated rings. The van der Waals surface area contributed by atoms with Crippen LogP contribution in [0, 0.1) is 83.1 Å². The smallest absolute Gasteiger partial charge is 0.344 e. The fourth-order valence-corrected chi connectivity index (χ4v) is 14.1. The molecule has 0 amide bonds. The molecule has 21 heteroatoms. The number of hydrogen-bond acceptors (Lipinski definition) is 12. The standard InChI is InChI=1S/4C21H21O4P.Fe/c4*1-16-4-10-19(11-5-16)23-26(22,24-20-12-6-17(2)7-13-20)25-21-14-8-18(3)9-15-21;/h4*4-15H,1-3H3;/q;;;;+2/p+4. The Morgan fingerprint density at radius 3 is 0.248 bits per heavy atom. The van der Waals surface area contributed by atoms with E-state index in [0.717, 1.165) is 66.8 Å². The van der Waals surface area contributed by atoms with Crippen LogP contribution in [-0.4, -0.2) is 18.3 Å². The van der Waals surface area contributed by atoms with Crippen LogP contribution in [0.2, 0.25) is 0 Å². The van der Waals surface area contributed by atoms with Crippen molar-refractivity contribution in [1.29, 1.82) is 0 Å². The molecule has 0 radical (unpaired) electrons. The van der Waals surface area contributed by atoms with E-state index in [0.29, 0.717) is 69.0 Å². The second-order valence-corrected chi connectivity index (χ2v) is 30.7. The van der Waals surface area contributed by atoms with E-state index in [1.54, 1.807) is 146 Å². The Hall–Kier alpha value is -10.3. The van der Waals surface area contributed by atoms with Crippen molar-refractivity contribution in [3.8, 4) is 69.0 Å². The van der Waals surface area contributed by atoms with E-state index in [-0.39, 0.29) is 17.1 Å². The average Bonchev–Trinajstić information content (AvgIpc) is 0.843. The summed E-state index contributed by atoms with van der Waals surface area (Å²) in [6, 6.07) is 88.2. The number of benzene rings is 12. The van der Waals surface area contributed by atoms with E-state index in [1.807, 2.05) is 229 Å². The van der Waals surface area contributed by atoms with E-state index in [2.05, 4.69) is 0 Å². The van der Waals surface area contributed by atoms with Crippen molar-refractivity contribution >= 4 is 31.3 Å². The normalized spacial score (nSPS) is 10.9. The van der Waals surface area contributed by atoms with Gasteiger partial charge in [0.25, 0.3) is 0 Å². The van der Waals surface area contributed by atoms with Crippen LogP contribution in [0.5, 0.6) is 69.0 Å². The molecule has 0 spiro atoms. The summed E-state index contributed by atoms with van der Waals surface area (Å²) in [5, 5.41) is 0. The van der Waals surface area contributed by atoms with Gasteiger partial charge < -0.3 is 54.3 Å². The molecule has 0 aromatic heterocycles. The number of rotatable bonds is 24. The molecular weight excluding hydrogens is 1440 g/mol. The van der Waals surface area contributed by atoms with E-state index in [4.69, 9.17) is 54.3 Å². The van der Waals surface area contributed by atoms with Crippen LogP contribution in [0.3, 0.4) is 0 Å². The second-order valence-electron chi connectivity index (χ2n) is 24.7. The predicted molar refractivity (Wildman–Crippen MR) is 417 cm³/mol. The second kappa shape index (κ2) is 37.9. The van der Waals surface area contributed by atoms with Gasteiger partial charge >= 0.3 is 48.4 Å². The summed E-state index contributed by atoms with van der Waals surface area (Å²) >= 11 is 0. The summed E-state index contributed by atoms with van der Waals surface area (Å²) in [7, 11) is -14.7. The molecule has 0 saturated heterocycles. The molecule has 105 heavy (non-hydrogen) atoms. The summed E-state index contributed by atoms with van der Waals surface area (Å²) in [5.41, 5.74) is 13.1. The first kappa shape index (κ1) is 80.4. The average molecular weight is 1530 g/mol. The quantitative estimate of drug-likeness (QED) is 0.0316. The van der Waals surface area contributed by atoms with Crippen LogP contribution in [-0.2, 0) is 17.1 Å². The summed E-state index contributed by atoms with van der Waals surface area (Å²) in [4.78, 5) is 0. The minimum atomic E-state index is -3.68. The summed E-state index contributed by atoms with van der Waals surface area (Å²) < 4.78 is 113. The fraction of sp³-hybridized carbons (Fsp3) is 0.143. The molecule has 0 unspecified atom stereocenters. The Kier molecular flexibility index (Phi) is 29.0. The molecule has 4 N–H and O–H groups in total. The SMILES string of the molecule is Cc1ccc(OP(=[OH+])(Oc2ccc(C)cc2)Oc2ccc(C)cc2)cc1.Cc1ccc(OP(=[OH+])(Oc2ccc(C)cc2)Oc2ccc(C)cc2)cc1.Cc1ccc(OP(=[OH+])(Oc2ccc(C)cc2)Oc2ccc(C)cc2)cc1.Cc1ccc(OP(=[OH+])(Oc2ccc(C)cc2)Oc2ccc(C)cc2)cc1.[Fe+2]. The van der Waals surface area contributed by atoms with E-state index in [1.165, 1.54) is 0 Å². The fourth-order valence-electron chi connectivity index (χ4n) is 9.01. The van der Waals surface area contributed by atoms with Gasteiger partial charge in [0.15, 0.2) is 0 Å². The molecule has 0 bridgehead atoms. The maximum absolute atomic E-state index is 11.0. The molecular formula is C84H88FeO16P4+6.